The van der Waals surface area contributed by atoms with Crippen molar-refractivity contribution in [2.75, 3.05) is 13.7 Å². The van der Waals surface area contributed by atoms with Gasteiger partial charge in [-0.2, -0.15) is 0 Å². The van der Waals surface area contributed by atoms with E-state index < -0.39 is 11.9 Å². The highest BCUT2D eigenvalue weighted by Crippen LogP contribution is 2.35. The zero-order chi connectivity index (χ0) is 15.6. The summed E-state index contributed by atoms with van der Waals surface area (Å²) in [4.78, 5) is 25.0. The first kappa shape index (κ1) is 15.4. The number of methoxy groups -OCH3 is 1. The second-order valence-corrected chi connectivity index (χ2v) is 5.41. The highest BCUT2D eigenvalue weighted by Gasteiger charge is 2.32. The van der Waals surface area contributed by atoms with Crippen LogP contribution in [-0.4, -0.2) is 35.6 Å². The first-order valence-corrected chi connectivity index (χ1v) is 7.18. The normalized spacial score (nSPS) is 16.5. The Labute approximate surface area is 130 Å². The largest absolute Gasteiger partial charge is 0.504 e. The maximum atomic E-state index is 12.1. The SMILES string of the molecule is CCCN1C(=O)N/C(=C/c2cc(Br)cc(OC)c2O)C1=O. The van der Waals surface area contributed by atoms with Crippen LogP contribution in [0.15, 0.2) is 22.3 Å². The fourth-order valence-electron chi connectivity index (χ4n) is 2.01. The number of urea groups is 1. The Morgan fingerprint density at radius 3 is 2.76 bits per heavy atom. The van der Waals surface area contributed by atoms with Crippen molar-refractivity contribution in [2.45, 2.75) is 13.3 Å². The van der Waals surface area contributed by atoms with Crippen LogP contribution < -0.4 is 10.1 Å². The minimum absolute atomic E-state index is 0.0933. The molecule has 0 aromatic heterocycles. The van der Waals surface area contributed by atoms with E-state index in [-0.39, 0.29) is 17.2 Å². The van der Waals surface area contributed by atoms with Gasteiger partial charge in [0.25, 0.3) is 5.91 Å². The van der Waals surface area contributed by atoms with E-state index in [4.69, 9.17) is 4.74 Å². The van der Waals surface area contributed by atoms with Gasteiger partial charge in [0.2, 0.25) is 0 Å². The fourth-order valence-corrected chi connectivity index (χ4v) is 2.47. The number of rotatable bonds is 4. The molecule has 21 heavy (non-hydrogen) atoms. The molecule has 0 aliphatic carbocycles. The second-order valence-electron chi connectivity index (χ2n) is 4.49. The van der Waals surface area contributed by atoms with Gasteiger partial charge in [-0.1, -0.05) is 22.9 Å². The number of imide groups is 1. The maximum absolute atomic E-state index is 12.1. The van der Waals surface area contributed by atoms with Crippen molar-refractivity contribution >= 4 is 33.9 Å². The van der Waals surface area contributed by atoms with Crippen molar-refractivity contribution < 1.29 is 19.4 Å². The third-order valence-electron chi connectivity index (χ3n) is 3.00. The summed E-state index contributed by atoms with van der Waals surface area (Å²) in [5.41, 5.74) is 0.507. The lowest BCUT2D eigenvalue weighted by atomic mass is 10.1. The molecule has 3 amide bonds. The zero-order valence-corrected chi connectivity index (χ0v) is 13.2. The van der Waals surface area contributed by atoms with Crippen molar-refractivity contribution in [1.82, 2.24) is 10.2 Å². The summed E-state index contributed by atoms with van der Waals surface area (Å²) in [5, 5.41) is 12.6. The molecule has 2 N–H and O–H groups in total. The number of benzene rings is 1. The minimum Gasteiger partial charge on any atom is -0.504 e. The van der Waals surface area contributed by atoms with Gasteiger partial charge in [-0.05, 0) is 24.6 Å². The molecule has 112 valence electrons. The number of nitrogens with one attached hydrogen (secondary N) is 1. The van der Waals surface area contributed by atoms with E-state index in [1.807, 2.05) is 6.92 Å². The molecule has 1 aromatic carbocycles. The molecule has 0 unspecified atom stereocenters. The number of carbonyl (C=O) groups excluding carboxylic acids is 2. The van der Waals surface area contributed by atoms with Crippen molar-refractivity contribution in [3.8, 4) is 11.5 Å². The number of hydrogen-bond acceptors (Lipinski definition) is 4. The van der Waals surface area contributed by atoms with Gasteiger partial charge in [0.1, 0.15) is 5.70 Å². The van der Waals surface area contributed by atoms with Crippen molar-refractivity contribution in [1.29, 1.82) is 0 Å². The maximum Gasteiger partial charge on any atom is 0.329 e. The monoisotopic (exact) mass is 354 g/mol. The summed E-state index contributed by atoms with van der Waals surface area (Å²) in [6, 6.07) is 2.79. The van der Waals surface area contributed by atoms with E-state index in [0.29, 0.717) is 23.0 Å². The lowest BCUT2D eigenvalue weighted by Gasteiger charge is -2.09. The number of phenolic OH excluding ortho intramolecular Hbond substituents is 1. The molecule has 2 rings (SSSR count). The van der Waals surface area contributed by atoms with Gasteiger partial charge in [-0.15, -0.1) is 0 Å². The Kier molecular flexibility index (Phi) is 4.52. The Hall–Kier alpha value is -2.02. The molecular weight excluding hydrogens is 340 g/mol. The molecule has 7 heteroatoms. The summed E-state index contributed by atoms with van der Waals surface area (Å²) < 4.78 is 5.73. The van der Waals surface area contributed by atoms with Crippen molar-refractivity contribution in [2.24, 2.45) is 0 Å². The first-order chi connectivity index (χ1) is 9.97. The van der Waals surface area contributed by atoms with E-state index in [1.165, 1.54) is 13.2 Å². The smallest absolute Gasteiger partial charge is 0.329 e. The predicted molar refractivity (Wildman–Crippen MR) is 80.9 cm³/mol. The number of aromatic hydroxyl groups is 1. The van der Waals surface area contributed by atoms with E-state index in [9.17, 15) is 14.7 Å². The molecule has 0 atom stereocenters. The van der Waals surface area contributed by atoms with Crippen LogP contribution in [0.1, 0.15) is 18.9 Å². The van der Waals surface area contributed by atoms with Crippen LogP contribution in [0.3, 0.4) is 0 Å². The second kappa shape index (κ2) is 6.17. The quantitative estimate of drug-likeness (QED) is 0.643. The van der Waals surface area contributed by atoms with Crippen LogP contribution in [0.5, 0.6) is 11.5 Å². The van der Waals surface area contributed by atoms with Gasteiger partial charge in [0, 0.05) is 16.6 Å². The lowest BCUT2D eigenvalue weighted by Crippen LogP contribution is -2.31. The van der Waals surface area contributed by atoms with Gasteiger partial charge >= 0.3 is 6.03 Å². The van der Waals surface area contributed by atoms with Crippen molar-refractivity contribution in [3.63, 3.8) is 0 Å². The topological polar surface area (TPSA) is 78.9 Å². The van der Waals surface area contributed by atoms with Crippen LogP contribution in [0.2, 0.25) is 0 Å². The molecule has 6 nitrogen and oxygen atoms in total. The molecule has 1 aliphatic rings. The Bertz CT molecular complexity index is 628. The first-order valence-electron chi connectivity index (χ1n) is 6.39. The van der Waals surface area contributed by atoms with Gasteiger partial charge in [-0.25, -0.2) is 4.79 Å². The molecule has 0 spiro atoms. The average Bonchev–Trinajstić information content (AvgIpc) is 2.70. The van der Waals surface area contributed by atoms with E-state index in [1.54, 1.807) is 12.1 Å². The molecule has 1 aromatic rings. The number of carbonyl (C=O) groups is 2. The summed E-state index contributed by atoms with van der Waals surface area (Å²) in [7, 11) is 1.43. The van der Waals surface area contributed by atoms with Crippen LogP contribution in [0.25, 0.3) is 6.08 Å². The molecule has 1 heterocycles. The molecular formula is C14H15BrN2O4. The van der Waals surface area contributed by atoms with E-state index in [0.717, 1.165) is 4.90 Å². The average molecular weight is 355 g/mol. The summed E-state index contributed by atoms with van der Waals surface area (Å²) in [6.07, 6.45) is 2.11. The summed E-state index contributed by atoms with van der Waals surface area (Å²) in [5.74, 6) is -0.220. The highest BCUT2D eigenvalue weighted by atomic mass is 79.9. The number of halogens is 1. The summed E-state index contributed by atoms with van der Waals surface area (Å²) >= 11 is 3.30. The Morgan fingerprint density at radius 1 is 1.43 bits per heavy atom. The molecule has 0 saturated carbocycles. The molecule has 1 fully saturated rings. The van der Waals surface area contributed by atoms with Crippen LogP contribution in [-0.2, 0) is 4.79 Å². The molecule has 0 radical (unpaired) electrons. The van der Waals surface area contributed by atoms with Crippen LogP contribution in [0.4, 0.5) is 4.79 Å². The highest BCUT2D eigenvalue weighted by molar-refractivity contribution is 9.10. The molecule has 1 aliphatic heterocycles. The van der Waals surface area contributed by atoms with Crippen LogP contribution >= 0.6 is 15.9 Å². The number of ether oxygens (including phenoxy) is 1. The number of phenols is 1. The fraction of sp³-hybridized carbons (Fsp3) is 0.286. The van der Waals surface area contributed by atoms with Crippen LogP contribution in [0, 0.1) is 0 Å². The third-order valence-corrected chi connectivity index (χ3v) is 3.46. The van der Waals surface area contributed by atoms with Crippen molar-refractivity contribution in [3.05, 3.63) is 27.9 Å². The van der Waals surface area contributed by atoms with E-state index >= 15 is 0 Å². The Balaban J connectivity index is 2.39. The summed E-state index contributed by atoms with van der Waals surface area (Å²) in [6.45, 7) is 2.24. The number of hydrogen-bond donors (Lipinski definition) is 2. The third kappa shape index (κ3) is 3.02. The predicted octanol–water partition coefficient (Wildman–Crippen LogP) is 2.47. The number of nitrogens with zero attached hydrogens (tertiary/aromatic N) is 1. The molecule has 0 bridgehead atoms. The van der Waals surface area contributed by atoms with Gasteiger partial charge in [0.05, 0.1) is 7.11 Å². The van der Waals surface area contributed by atoms with E-state index in [2.05, 4.69) is 21.2 Å². The standard InChI is InChI=1S/C14H15BrN2O4/c1-3-4-17-13(19)10(16-14(17)20)6-8-5-9(15)7-11(21-2)12(8)18/h5-7,18H,3-4H2,1-2H3,(H,16,20)/b10-6+. The lowest BCUT2D eigenvalue weighted by molar-refractivity contribution is -0.122. The Morgan fingerprint density at radius 2 is 2.14 bits per heavy atom. The minimum atomic E-state index is -0.449. The van der Waals surface area contributed by atoms with Gasteiger partial charge < -0.3 is 15.2 Å². The number of amides is 3. The zero-order valence-electron chi connectivity index (χ0n) is 11.6. The van der Waals surface area contributed by atoms with Gasteiger partial charge in [0.15, 0.2) is 11.5 Å². The molecule has 1 saturated heterocycles. The van der Waals surface area contributed by atoms with Gasteiger partial charge in [-0.3, -0.25) is 9.69 Å².